The van der Waals surface area contributed by atoms with Crippen molar-refractivity contribution in [1.82, 2.24) is 10.6 Å². The van der Waals surface area contributed by atoms with Crippen LogP contribution in [-0.4, -0.2) is 25.0 Å². The standard InChI is InChI=1S/C19H25F3N2O.ClH/c20-19(21,22)16-11-14(13-6-8-23-9-7-13)10-15(12-16)18(25)24-17-4-2-1-3-5-17;/h10-13,17,23H,1-9H2,(H,24,25);1H. The summed E-state index contributed by atoms with van der Waals surface area (Å²) in [5.41, 5.74) is 0.0383. The lowest BCUT2D eigenvalue weighted by Crippen LogP contribution is -2.36. The largest absolute Gasteiger partial charge is 0.416 e. The first kappa shape index (κ1) is 21.0. The predicted molar refractivity (Wildman–Crippen MR) is 97.9 cm³/mol. The first-order chi connectivity index (χ1) is 11.9. The number of hydrogen-bond donors (Lipinski definition) is 2. The SMILES string of the molecule is Cl.O=C(NC1CCCCC1)c1cc(C2CCNCC2)cc(C(F)(F)F)c1. The van der Waals surface area contributed by atoms with E-state index in [1.54, 1.807) is 6.07 Å². The molecule has 1 saturated carbocycles. The van der Waals surface area contributed by atoms with Gasteiger partial charge in [-0.05, 0) is 68.5 Å². The summed E-state index contributed by atoms with van der Waals surface area (Å²) in [5, 5.41) is 6.14. The van der Waals surface area contributed by atoms with Gasteiger partial charge in [-0.15, -0.1) is 12.4 Å². The maximum atomic E-state index is 13.3. The lowest BCUT2D eigenvalue weighted by atomic mass is 9.87. The quantitative estimate of drug-likeness (QED) is 0.788. The number of amides is 1. The highest BCUT2D eigenvalue weighted by Crippen LogP contribution is 2.34. The summed E-state index contributed by atoms with van der Waals surface area (Å²) in [4.78, 5) is 12.5. The Morgan fingerprint density at radius 2 is 1.65 bits per heavy atom. The third kappa shape index (κ3) is 5.36. The monoisotopic (exact) mass is 390 g/mol. The average Bonchev–Trinajstić information content (AvgIpc) is 2.62. The van der Waals surface area contributed by atoms with Gasteiger partial charge in [0.15, 0.2) is 0 Å². The van der Waals surface area contributed by atoms with Gasteiger partial charge in [-0.1, -0.05) is 19.3 Å². The molecule has 1 aromatic carbocycles. The average molecular weight is 391 g/mol. The van der Waals surface area contributed by atoms with Gasteiger partial charge in [-0.25, -0.2) is 0 Å². The number of benzene rings is 1. The number of carbonyl (C=O) groups is 1. The van der Waals surface area contributed by atoms with Gasteiger partial charge >= 0.3 is 6.18 Å². The zero-order valence-corrected chi connectivity index (χ0v) is 15.5. The summed E-state index contributed by atoms with van der Waals surface area (Å²) < 4.78 is 39.9. The molecule has 0 atom stereocenters. The molecule has 2 fully saturated rings. The lowest BCUT2D eigenvalue weighted by molar-refractivity contribution is -0.137. The number of rotatable bonds is 3. The zero-order valence-electron chi connectivity index (χ0n) is 14.7. The van der Waals surface area contributed by atoms with Gasteiger partial charge in [0.25, 0.3) is 5.91 Å². The van der Waals surface area contributed by atoms with Crippen molar-refractivity contribution in [3.05, 3.63) is 34.9 Å². The number of alkyl halides is 3. The molecule has 0 radical (unpaired) electrons. The second kappa shape index (κ2) is 9.09. The second-order valence-electron chi connectivity index (χ2n) is 7.17. The third-order valence-electron chi connectivity index (χ3n) is 5.30. The maximum Gasteiger partial charge on any atom is 0.416 e. The van der Waals surface area contributed by atoms with Crippen molar-refractivity contribution in [3.63, 3.8) is 0 Å². The van der Waals surface area contributed by atoms with Gasteiger partial charge < -0.3 is 10.6 Å². The van der Waals surface area contributed by atoms with Crippen molar-refractivity contribution < 1.29 is 18.0 Å². The highest BCUT2D eigenvalue weighted by molar-refractivity contribution is 5.94. The van der Waals surface area contributed by atoms with E-state index in [0.29, 0.717) is 5.56 Å². The smallest absolute Gasteiger partial charge is 0.349 e. The summed E-state index contributed by atoms with van der Waals surface area (Å²) in [6.07, 6.45) is 2.26. The van der Waals surface area contributed by atoms with E-state index in [4.69, 9.17) is 0 Å². The van der Waals surface area contributed by atoms with Crippen LogP contribution in [0.3, 0.4) is 0 Å². The van der Waals surface area contributed by atoms with Crippen LogP contribution in [0.4, 0.5) is 13.2 Å². The van der Waals surface area contributed by atoms with Gasteiger partial charge in [-0.2, -0.15) is 13.2 Å². The van der Waals surface area contributed by atoms with Crippen LogP contribution in [-0.2, 0) is 6.18 Å². The Bertz CT molecular complexity index is 609. The Balaban J connectivity index is 0.00000243. The molecule has 3 nitrogen and oxygen atoms in total. The Hall–Kier alpha value is -1.27. The van der Waals surface area contributed by atoms with Crippen LogP contribution in [0.2, 0.25) is 0 Å². The predicted octanol–water partition coefficient (Wildman–Crippen LogP) is 4.66. The molecule has 1 saturated heterocycles. The Kier molecular flexibility index (Phi) is 7.35. The van der Waals surface area contributed by atoms with Crippen molar-refractivity contribution in [2.24, 2.45) is 0 Å². The van der Waals surface area contributed by atoms with Crippen molar-refractivity contribution in [1.29, 1.82) is 0 Å². The molecule has 2 N–H and O–H groups in total. The van der Waals surface area contributed by atoms with E-state index in [1.165, 1.54) is 6.07 Å². The van der Waals surface area contributed by atoms with Crippen molar-refractivity contribution in [2.45, 2.75) is 63.1 Å². The van der Waals surface area contributed by atoms with Gasteiger partial charge in [-0.3, -0.25) is 4.79 Å². The normalized spacial score (nSPS) is 19.7. The summed E-state index contributed by atoms with van der Waals surface area (Å²) in [6.45, 7) is 1.59. The van der Waals surface area contributed by atoms with Gasteiger partial charge in [0, 0.05) is 11.6 Å². The van der Waals surface area contributed by atoms with Crippen LogP contribution in [0.15, 0.2) is 18.2 Å². The molecule has 1 heterocycles. The highest BCUT2D eigenvalue weighted by atomic mass is 35.5. The molecule has 1 amide bonds. The highest BCUT2D eigenvalue weighted by Gasteiger charge is 2.33. The number of halogens is 4. The van der Waals surface area contributed by atoms with Crippen LogP contribution in [0.1, 0.15) is 72.3 Å². The van der Waals surface area contributed by atoms with E-state index in [-0.39, 0.29) is 35.8 Å². The lowest BCUT2D eigenvalue weighted by Gasteiger charge is -2.25. The zero-order chi connectivity index (χ0) is 17.9. The number of hydrogen-bond acceptors (Lipinski definition) is 2. The van der Waals surface area contributed by atoms with Crippen molar-refractivity contribution in [2.75, 3.05) is 13.1 Å². The van der Waals surface area contributed by atoms with Crippen LogP contribution >= 0.6 is 12.4 Å². The molecule has 1 aliphatic carbocycles. The summed E-state index contributed by atoms with van der Waals surface area (Å²) in [7, 11) is 0. The van der Waals surface area contributed by atoms with Crippen molar-refractivity contribution >= 4 is 18.3 Å². The molecule has 0 unspecified atom stereocenters. The minimum absolute atomic E-state index is 0. The van der Waals surface area contributed by atoms with Gasteiger partial charge in [0.2, 0.25) is 0 Å². The minimum atomic E-state index is -4.44. The van der Waals surface area contributed by atoms with Gasteiger partial charge in [0.1, 0.15) is 0 Å². The summed E-state index contributed by atoms with van der Waals surface area (Å²) in [6, 6.07) is 3.94. The molecule has 1 aromatic rings. The van der Waals surface area contributed by atoms with E-state index >= 15 is 0 Å². The number of nitrogens with one attached hydrogen (secondary N) is 2. The minimum Gasteiger partial charge on any atom is -0.349 e. The maximum absolute atomic E-state index is 13.3. The Labute approximate surface area is 158 Å². The fourth-order valence-electron chi connectivity index (χ4n) is 3.85. The molecule has 26 heavy (non-hydrogen) atoms. The molecule has 0 aromatic heterocycles. The molecule has 0 spiro atoms. The first-order valence-corrected chi connectivity index (χ1v) is 9.17. The Morgan fingerprint density at radius 1 is 1.00 bits per heavy atom. The molecular formula is C19H26ClF3N2O. The van der Waals surface area contributed by atoms with E-state index in [0.717, 1.165) is 64.1 Å². The molecular weight excluding hydrogens is 365 g/mol. The molecule has 2 aliphatic rings. The van der Waals surface area contributed by atoms with E-state index < -0.39 is 11.7 Å². The van der Waals surface area contributed by atoms with Crippen LogP contribution in [0.5, 0.6) is 0 Å². The van der Waals surface area contributed by atoms with Crippen LogP contribution < -0.4 is 10.6 Å². The number of carbonyl (C=O) groups excluding carboxylic acids is 1. The van der Waals surface area contributed by atoms with E-state index in [2.05, 4.69) is 10.6 Å². The third-order valence-corrected chi connectivity index (χ3v) is 5.30. The first-order valence-electron chi connectivity index (χ1n) is 9.17. The second-order valence-corrected chi connectivity index (χ2v) is 7.17. The summed E-state index contributed by atoms with van der Waals surface area (Å²) in [5.74, 6) is -0.307. The van der Waals surface area contributed by atoms with E-state index in [1.807, 2.05) is 0 Å². The molecule has 1 aliphatic heterocycles. The van der Waals surface area contributed by atoms with Gasteiger partial charge in [0.05, 0.1) is 5.56 Å². The molecule has 3 rings (SSSR count). The van der Waals surface area contributed by atoms with Crippen molar-refractivity contribution in [3.8, 4) is 0 Å². The van der Waals surface area contributed by atoms with Crippen LogP contribution in [0, 0.1) is 0 Å². The fourth-order valence-corrected chi connectivity index (χ4v) is 3.85. The topological polar surface area (TPSA) is 41.1 Å². The fraction of sp³-hybridized carbons (Fsp3) is 0.632. The molecule has 146 valence electrons. The van der Waals surface area contributed by atoms with Crippen LogP contribution in [0.25, 0.3) is 0 Å². The Morgan fingerprint density at radius 3 is 2.27 bits per heavy atom. The van der Waals surface area contributed by atoms with E-state index in [9.17, 15) is 18.0 Å². The molecule has 7 heteroatoms. The molecule has 0 bridgehead atoms. The summed E-state index contributed by atoms with van der Waals surface area (Å²) >= 11 is 0. The number of piperidine rings is 1.